The molecule has 1 unspecified atom stereocenters. The lowest BCUT2D eigenvalue weighted by molar-refractivity contribution is -0.124. The molecule has 0 bridgehead atoms. The number of ether oxygens (including phenoxy) is 1. The molecule has 1 saturated heterocycles. The molecule has 1 aromatic carbocycles. The highest BCUT2D eigenvalue weighted by Crippen LogP contribution is 2.30. The second-order valence-corrected chi connectivity index (χ2v) is 6.83. The smallest absolute Gasteiger partial charge is 0.234 e. The summed E-state index contributed by atoms with van der Waals surface area (Å²) in [5.74, 6) is -0.297. The summed E-state index contributed by atoms with van der Waals surface area (Å²) < 4.78 is 18.9. The molecule has 1 aromatic heterocycles. The molecule has 0 radical (unpaired) electrons. The summed E-state index contributed by atoms with van der Waals surface area (Å²) in [4.78, 5) is 17.4. The van der Waals surface area contributed by atoms with E-state index in [0.717, 1.165) is 4.88 Å². The van der Waals surface area contributed by atoms with E-state index in [-0.39, 0.29) is 11.7 Å². The number of benzene rings is 1. The molecule has 3 rings (SSSR count). The van der Waals surface area contributed by atoms with Gasteiger partial charge >= 0.3 is 0 Å². The van der Waals surface area contributed by atoms with Gasteiger partial charge in [0.1, 0.15) is 5.82 Å². The number of carbonyl (C=O) groups excluding carboxylic acids is 1. The molecule has 2 heterocycles. The van der Waals surface area contributed by atoms with E-state index < -0.39 is 5.41 Å². The zero-order valence-electron chi connectivity index (χ0n) is 12.3. The Morgan fingerprint density at radius 1 is 1.50 bits per heavy atom. The Hall–Kier alpha value is -1.79. The second kappa shape index (κ2) is 6.14. The normalized spacial score (nSPS) is 21.0. The largest absolute Gasteiger partial charge is 0.380 e. The number of anilines is 1. The van der Waals surface area contributed by atoms with Gasteiger partial charge in [-0.3, -0.25) is 4.79 Å². The van der Waals surface area contributed by atoms with Crippen molar-refractivity contribution in [2.24, 2.45) is 5.41 Å². The number of carbonyl (C=O) groups is 1. The fourth-order valence-corrected chi connectivity index (χ4v) is 3.20. The molecule has 116 valence electrons. The Balaban J connectivity index is 1.66. The molecule has 1 N–H and O–H groups in total. The fraction of sp³-hybridized carbons (Fsp3) is 0.375. The lowest BCUT2D eigenvalue weighted by Gasteiger charge is -2.19. The number of hydrogen-bond acceptors (Lipinski definition) is 4. The van der Waals surface area contributed by atoms with E-state index in [1.807, 2.05) is 13.0 Å². The zero-order valence-corrected chi connectivity index (χ0v) is 13.1. The number of halogens is 1. The SMILES string of the molecule is CC1(C(=O)Nc2ncc(Cc3ccccc3F)s2)CCOC1. The number of thiazole rings is 1. The van der Waals surface area contributed by atoms with Crippen molar-refractivity contribution in [3.8, 4) is 0 Å². The van der Waals surface area contributed by atoms with E-state index in [2.05, 4.69) is 10.3 Å². The van der Waals surface area contributed by atoms with Crippen LogP contribution in [0.25, 0.3) is 0 Å². The molecule has 0 spiro atoms. The molecule has 1 atom stereocenters. The second-order valence-electron chi connectivity index (χ2n) is 5.72. The zero-order chi connectivity index (χ0) is 15.6. The number of nitrogens with zero attached hydrogens (tertiary/aromatic N) is 1. The Morgan fingerprint density at radius 2 is 2.32 bits per heavy atom. The first-order valence-corrected chi connectivity index (χ1v) is 7.96. The Bertz CT molecular complexity index is 680. The van der Waals surface area contributed by atoms with Gasteiger partial charge in [-0.1, -0.05) is 18.2 Å². The van der Waals surface area contributed by atoms with E-state index >= 15 is 0 Å². The van der Waals surface area contributed by atoms with Gasteiger partial charge in [-0.05, 0) is 25.0 Å². The van der Waals surface area contributed by atoms with E-state index in [1.54, 1.807) is 18.3 Å². The summed E-state index contributed by atoms with van der Waals surface area (Å²) in [6, 6.07) is 6.68. The summed E-state index contributed by atoms with van der Waals surface area (Å²) in [5.41, 5.74) is 0.136. The summed E-state index contributed by atoms with van der Waals surface area (Å²) in [5, 5.41) is 3.39. The molecule has 22 heavy (non-hydrogen) atoms. The van der Waals surface area contributed by atoms with Gasteiger partial charge in [0, 0.05) is 24.1 Å². The first-order valence-electron chi connectivity index (χ1n) is 7.14. The monoisotopic (exact) mass is 320 g/mol. The minimum Gasteiger partial charge on any atom is -0.380 e. The Morgan fingerprint density at radius 3 is 3.05 bits per heavy atom. The van der Waals surface area contributed by atoms with Gasteiger partial charge in [-0.2, -0.15) is 0 Å². The van der Waals surface area contributed by atoms with E-state index in [9.17, 15) is 9.18 Å². The predicted molar refractivity (Wildman–Crippen MR) is 83.5 cm³/mol. The highest BCUT2D eigenvalue weighted by atomic mass is 32.1. The summed E-state index contributed by atoms with van der Waals surface area (Å²) in [6.45, 7) is 2.94. The average Bonchev–Trinajstić information content (AvgIpc) is 3.12. The van der Waals surface area contributed by atoms with Crippen LogP contribution in [0, 0.1) is 11.2 Å². The van der Waals surface area contributed by atoms with Crippen molar-refractivity contribution >= 4 is 22.4 Å². The first-order chi connectivity index (χ1) is 10.6. The molecule has 2 aromatic rings. The van der Waals surface area contributed by atoms with Gasteiger partial charge < -0.3 is 10.1 Å². The van der Waals surface area contributed by atoms with Crippen LogP contribution in [0.2, 0.25) is 0 Å². The Labute approximate surface area is 132 Å². The third-order valence-corrected chi connectivity index (χ3v) is 4.78. The standard InChI is InChI=1S/C16H17FN2O2S/c1-16(6-7-21-10-16)14(20)19-15-18-9-12(22-15)8-11-4-2-3-5-13(11)17/h2-5,9H,6-8,10H2,1H3,(H,18,19,20). The molecule has 1 aliphatic rings. The van der Waals surface area contributed by atoms with Crippen LogP contribution < -0.4 is 5.32 Å². The van der Waals surface area contributed by atoms with Gasteiger partial charge in [0.25, 0.3) is 0 Å². The Kier molecular flexibility index (Phi) is 4.22. The van der Waals surface area contributed by atoms with Crippen molar-refractivity contribution in [1.82, 2.24) is 4.98 Å². The van der Waals surface area contributed by atoms with Crippen LogP contribution in [0.3, 0.4) is 0 Å². The van der Waals surface area contributed by atoms with E-state index in [4.69, 9.17) is 4.74 Å². The number of rotatable bonds is 4. The van der Waals surface area contributed by atoms with Crippen LogP contribution in [0.15, 0.2) is 30.5 Å². The van der Waals surface area contributed by atoms with Crippen molar-refractivity contribution < 1.29 is 13.9 Å². The summed E-state index contributed by atoms with van der Waals surface area (Å²) >= 11 is 1.37. The summed E-state index contributed by atoms with van der Waals surface area (Å²) in [6.07, 6.45) is 2.87. The highest BCUT2D eigenvalue weighted by molar-refractivity contribution is 7.15. The van der Waals surface area contributed by atoms with Crippen molar-refractivity contribution in [3.63, 3.8) is 0 Å². The van der Waals surface area contributed by atoms with Gasteiger partial charge in [0.05, 0.1) is 12.0 Å². The van der Waals surface area contributed by atoms with Gasteiger partial charge in [-0.15, -0.1) is 11.3 Å². The first kappa shape index (κ1) is 15.1. The molecule has 6 heteroatoms. The summed E-state index contributed by atoms with van der Waals surface area (Å²) in [7, 11) is 0. The van der Waals surface area contributed by atoms with Crippen LogP contribution in [0.1, 0.15) is 23.8 Å². The quantitative estimate of drug-likeness (QED) is 0.941. The maximum absolute atomic E-state index is 13.6. The molecular weight excluding hydrogens is 303 g/mol. The molecule has 1 amide bonds. The number of aromatic nitrogens is 1. The number of hydrogen-bond donors (Lipinski definition) is 1. The third kappa shape index (κ3) is 3.18. The fourth-order valence-electron chi connectivity index (χ4n) is 2.37. The third-order valence-electron chi connectivity index (χ3n) is 3.86. The van der Waals surface area contributed by atoms with Crippen LogP contribution in [-0.4, -0.2) is 24.1 Å². The predicted octanol–water partition coefficient (Wildman–Crippen LogP) is 3.24. The van der Waals surface area contributed by atoms with Crippen LogP contribution in [0.4, 0.5) is 9.52 Å². The van der Waals surface area contributed by atoms with Crippen molar-refractivity contribution in [2.45, 2.75) is 19.8 Å². The molecule has 1 aliphatic heterocycles. The van der Waals surface area contributed by atoms with E-state index in [1.165, 1.54) is 17.4 Å². The van der Waals surface area contributed by atoms with Crippen LogP contribution >= 0.6 is 11.3 Å². The lowest BCUT2D eigenvalue weighted by Crippen LogP contribution is -2.33. The van der Waals surface area contributed by atoms with Crippen molar-refractivity contribution in [2.75, 3.05) is 18.5 Å². The average molecular weight is 320 g/mol. The van der Waals surface area contributed by atoms with Crippen molar-refractivity contribution in [3.05, 3.63) is 46.7 Å². The molecule has 4 nitrogen and oxygen atoms in total. The number of nitrogens with one attached hydrogen (secondary N) is 1. The number of amides is 1. The van der Waals surface area contributed by atoms with Gasteiger partial charge in [0.15, 0.2) is 5.13 Å². The highest BCUT2D eigenvalue weighted by Gasteiger charge is 2.37. The molecule has 0 aliphatic carbocycles. The van der Waals surface area contributed by atoms with E-state index in [0.29, 0.717) is 36.8 Å². The van der Waals surface area contributed by atoms with Crippen LogP contribution in [0.5, 0.6) is 0 Å². The van der Waals surface area contributed by atoms with Crippen LogP contribution in [-0.2, 0) is 16.0 Å². The minimum atomic E-state index is -0.489. The van der Waals surface area contributed by atoms with Gasteiger partial charge in [-0.25, -0.2) is 9.37 Å². The van der Waals surface area contributed by atoms with Gasteiger partial charge in [0.2, 0.25) is 5.91 Å². The lowest BCUT2D eigenvalue weighted by atomic mass is 9.89. The topological polar surface area (TPSA) is 51.2 Å². The molecular formula is C16H17FN2O2S. The molecule has 0 saturated carbocycles. The maximum atomic E-state index is 13.6. The minimum absolute atomic E-state index is 0.0724. The maximum Gasteiger partial charge on any atom is 0.234 e. The van der Waals surface area contributed by atoms with Crippen molar-refractivity contribution in [1.29, 1.82) is 0 Å². The molecule has 1 fully saturated rings.